The Hall–Kier alpha value is -1.58. The molecule has 0 aliphatic rings. The van der Waals surface area contributed by atoms with Crippen molar-refractivity contribution in [2.24, 2.45) is 0 Å². The minimum Gasteiger partial charge on any atom is -0.457 e. The van der Waals surface area contributed by atoms with Crippen LogP contribution >= 0.6 is 23.5 Å². The summed E-state index contributed by atoms with van der Waals surface area (Å²) in [6.07, 6.45) is 1.95. The SMILES string of the molecule is C=CSc1ccc(Oc2ccc(SC=C)c(CC)c2)cc1CC. The summed E-state index contributed by atoms with van der Waals surface area (Å²) in [4.78, 5) is 2.48. The highest BCUT2D eigenvalue weighted by molar-refractivity contribution is 8.02. The summed E-state index contributed by atoms with van der Waals surface area (Å²) in [6.45, 7) is 11.9. The van der Waals surface area contributed by atoms with Crippen LogP contribution in [-0.4, -0.2) is 0 Å². The van der Waals surface area contributed by atoms with E-state index in [2.05, 4.69) is 51.3 Å². The molecule has 1 nitrogen and oxygen atoms in total. The lowest BCUT2D eigenvalue weighted by atomic mass is 10.1. The molecule has 0 unspecified atom stereocenters. The van der Waals surface area contributed by atoms with Gasteiger partial charge in [0.25, 0.3) is 0 Å². The van der Waals surface area contributed by atoms with E-state index in [4.69, 9.17) is 4.74 Å². The maximum Gasteiger partial charge on any atom is 0.127 e. The van der Waals surface area contributed by atoms with Crippen molar-refractivity contribution < 1.29 is 4.74 Å². The number of benzene rings is 2. The first-order chi connectivity index (χ1) is 11.2. The molecule has 0 fully saturated rings. The van der Waals surface area contributed by atoms with E-state index in [0.717, 1.165) is 24.3 Å². The zero-order valence-corrected chi connectivity index (χ0v) is 15.3. The van der Waals surface area contributed by atoms with Gasteiger partial charge in [0, 0.05) is 9.79 Å². The number of rotatable bonds is 8. The lowest BCUT2D eigenvalue weighted by Gasteiger charge is -2.12. The molecule has 2 aromatic carbocycles. The van der Waals surface area contributed by atoms with Crippen molar-refractivity contribution in [1.29, 1.82) is 0 Å². The molecule has 0 saturated carbocycles. The number of aryl methyl sites for hydroxylation is 2. The summed E-state index contributed by atoms with van der Waals surface area (Å²) in [6, 6.07) is 12.5. The van der Waals surface area contributed by atoms with Crippen molar-refractivity contribution in [3.63, 3.8) is 0 Å². The van der Waals surface area contributed by atoms with E-state index in [1.54, 1.807) is 23.5 Å². The summed E-state index contributed by atoms with van der Waals surface area (Å²) >= 11 is 3.30. The minimum atomic E-state index is 0.876. The summed E-state index contributed by atoms with van der Waals surface area (Å²) in [5.41, 5.74) is 2.56. The molecule has 0 aliphatic heterocycles. The number of thioether (sulfide) groups is 2. The number of hydrogen-bond donors (Lipinski definition) is 0. The second-order valence-corrected chi connectivity index (χ2v) is 6.93. The summed E-state index contributed by atoms with van der Waals surface area (Å²) < 4.78 is 6.06. The first-order valence-electron chi connectivity index (χ1n) is 7.70. The Morgan fingerprint density at radius 1 is 0.826 bits per heavy atom. The van der Waals surface area contributed by atoms with Crippen LogP contribution in [0.2, 0.25) is 0 Å². The lowest BCUT2D eigenvalue weighted by molar-refractivity contribution is 0.480. The summed E-state index contributed by atoms with van der Waals surface area (Å²) in [7, 11) is 0. The van der Waals surface area contributed by atoms with Crippen LogP contribution in [0.4, 0.5) is 0 Å². The first-order valence-corrected chi connectivity index (χ1v) is 9.46. The van der Waals surface area contributed by atoms with Gasteiger partial charge in [0.2, 0.25) is 0 Å². The zero-order valence-electron chi connectivity index (χ0n) is 13.7. The molecule has 0 saturated heterocycles. The standard InChI is InChI=1S/C20H22OS2/c1-5-15-13-17(9-11-19(15)22-7-3)21-18-10-12-20(23-8-4)16(6-2)14-18/h7-14H,3-6H2,1-2H3. The largest absolute Gasteiger partial charge is 0.457 e. The molecular weight excluding hydrogens is 320 g/mol. The van der Waals surface area contributed by atoms with E-state index in [0.29, 0.717) is 0 Å². The molecule has 0 heterocycles. The van der Waals surface area contributed by atoms with Crippen molar-refractivity contribution in [2.75, 3.05) is 0 Å². The quantitative estimate of drug-likeness (QED) is 0.475. The Bertz CT molecular complexity index is 633. The van der Waals surface area contributed by atoms with Crippen molar-refractivity contribution in [2.45, 2.75) is 36.5 Å². The van der Waals surface area contributed by atoms with Gasteiger partial charge in [-0.3, -0.25) is 0 Å². The normalized spacial score (nSPS) is 10.3. The van der Waals surface area contributed by atoms with E-state index >= 15 is 0 Å². The number of hydrogen-bond acceptors (Lipinski definition) is 3. The van der Waals surface area contributed by atoms with Gasteiger partial charge in [-0.25, -0.2) is 0 Å². The highest BCUT2D eigenvalue weighted by Crippen LogP contribution is 2.32. The van der Waals surface area contributed by atoms with Crippen LogP contribution in [0, 0.1) is 0 Å². The fourth-order valence-electron chi connectivity index (χ4n) is 2.34. The highest BCUT2D eigenvalue weighted by Gasteiger charge is 2.06. The molecule has 2 rings (SSSR count). The van der Waals surface area contributed by atoms with Gasteiger partial charge in [-0.15, -0.1) is 0 Å². The van der Waals surface area contributed by atoms with Crippen molar-refractivity contribution in [1.82, 2.24) is 0 Å². The van der Waals surface area contributed by atoms with Crippen LogP contribution < -0.4 is 4.74 Å². The summed E-state index contributed by atoms with van der Waals surface area (Å²) in [5, 5.41) is 3.72. The molecule has 3 heteroatoms. The van der Waals surface area contributed by atoms with Crippen LogP contribution in [0.25, 0.3) is 0 Å². The van der Waals surface area contributed by atoms with E-state index in [-0.39, 0.29) is 0 Å². The average molecular weight is 343 g/mol. The van der Waals surface area contributed by atoms with Gasteiger partial charge in [-0.2, -0.15) is 0 Å². The molecule has 0 atom stereocenters. The predicted octanol–water partition coefficient (Wildman–Crippen LogP) is 7.07. The van der Waals surface area contributed by atoms with E-state index < -0.39 is 0 Å². The molecule has 0 N–H and O–H groups in total. The molecule has 0 radical (unpaired) electrons. The maximum atomic E-state index is 6.06. The smallest absolute Gasteiger partial charge is 0.127 e. The first kappa shape index (κ1) is 17.8. The van der Waals surface area contributed by atoms with Crippen LogP contribution in [0.5, 0.6) is 11.5 Å². The second-order valence-electron chi connectivity index (χ2n) is 4.92. The fourth-order valence-corrected chi connectivity index (χ4v) is 3.70. The van der Waals surface area contributed by atoms with Gasteiger partial charge in [-0.1, -0.05) is 50.5 Å². The van der Waals surface area contributed by atoms with Crippen molar-refractivity contribution in [3.8, 4) is 11.5 Å². The Kier molecular flexibility index (Phi) is 6.87. The van der Waals surface area contributed by atoms with Crippen LogP contribution in [0.3, 0.4) is 0 Å². The predicted molar refractivity (Wildman–Crippen MR) is 104 cm³/mol. The van der Waals surface area contributed by atoms with Crippen molar-refractivity contribution >= 4 is 23.5 Å². The molecular formula is C20H22OS2. The van der Waals surface area contributed by atoms with Gasteiger partial charge < -0.3 is 4.74 Å². The number of ether oxygens (including phenoxy) is 1. The molecule has 0 bridgehead atoms. The van der Waals surface area contributed by atoms with E-state index in [1.807, 2.05) is 22.9 Å². The second kappa shape index (κ2) is 8.90. The van der Waals surface area contributed by atoms with Crippen LogP contribution in [-0.2, 0) is 12.8 Å². The van der Waals surface area contributed by atoms with Gasteiger partial charge >= 0.3 is 0 Å². The van der Waals surface area contributed by atoms with E-state index in [1.165, 1.54) is 20.9 Å². The molecule has 2 aromatic rings. The molecule has 120 valence electrons. The van der Waals surface area contributed by atoms with Gasteiger partial charge in [0.15, 0.2) is 0 Å². The third-order valence-electron chi connectivity index (χ3n) is 3.48. The molecule has 23 heavy (non-hydrogen) atoms. The van der Waals surface area contributed by atoms with Gasteiger partial charge in [-0.05, 0) is 71.2 Å². The highest BCUT2D eigenvalue weighted by atomic mass is 32.2. The zero-order chi connectivity index (χ0) is 16.7. The van der Waals surface area contributed by atoms with Crippen LogP contribution in [0.1, 0.15) is 25.0 Å². The van der Waals surface area contributed by atoms with Gasteiger partial charge in [0.05, 0.1) is 0 Å². The lowest BCUT2D eigenvalue weighted by Crippen LogP contribution is -1.91. The molecule has 0 aliphatic carbocycles. The topological polar surface area (TPSA) is 9.23 Å². The molecule has 0 spiro atoms. The maximum absolute atomic E-state index is 6.06. The average Bonchev–Trinajstić information content (AvgIpc) is 2.58. The molecule has 0 aromatic heterocycles. The monoisotopic (exact) mass is 342 g/mol. The van der Waals surface area contributed by atoms with Crippen LogP contribution in [0.15, 0.2) is 70.2 Å². The Balaban J connectivity index is 2.24. The van der Waals surface area contributed by atoms with Crippen molar-refractivity contribution in [3.05, 3.63) is 71.5 Å². The Morgan fingerprint density at radius 2 is 1.26 bits per heavy atom. The third kappa shape index (κ3) is 4.69. The third-order valence-corrected chi connectivity index (χ3v) is 5.12. The Labute approximate surface area is 147 Å². The molecule has 0 amide bonds. The summed E-state index contributed by atoms with van der Waals surface area (Å²) in [5.74, 6) is 1.75. The fraction of sp³-hybridized carbons (Fsp3) is 0.200. The Morgan fingerprint density at radius 3 is 1.61 bits per heavy atom. The van der Waals surface area contributed by atoms with E-state index in [9.17, 15) is 0 Å². The minimum absolute atomic E-state index is 0.876. The van der Waals surface area contributed by atoms with Gasteiger partial charge in [0.1, 0.15) is 11.5 Å².